The van der Waals surface area contributed by atoms with Crippen molar-refractivity contribution in [1.29, 1.82) is 0 Å². The first-order valence-corrected chi connectivity index (χ1v) is 9.67. The number of rotatable bonds is 4. The standard InChI is InChI=1S/C22H23F2NO4/c23-19-7-6-16(8-20(19)24)9-22(27)10-17-13-28-14-18(11-22)25(17)21(26)29-12-15-4-2-1-3-5-15/h1-8,17-18,27H,9-14H2. The van der Waals surface area contributed by atoms with Crippen molar-refractivity contribution in [1.82, 2.24) is 4.90 Å². The zero-order valence-electron chi connectivity index (χ0n) is 15.9. The van der Waals surface area contributed by atoms with Gasteiger partial charge in [0.15, 0.2) is 11.6 Å². The van der Waals surface area contributed by atoms with Gasteiger partial charge in [-0.25, -0.2) is 13.6 Å². The van der Waals surface area contributed by atoms with E-state index in [2.05, 4.69) is 0 Å². The number of nitrogens with zero attached hydrogens (tertiary/aromatic N) is 1. The molecule has 4 rings (SSSR count). The Morgan fingerprint density at radius 3 is 2.41 bits per heavy atom. The third kappa shape index (κ3) is 4.41. The molecule has 2 saturated heterocycles. The van der Waals surface area contributed by atoms with Gasteiger partial charge in [0, 0.05) is 6.42 Å². The Balaban J connectivity index is 1.44. The molecule has 7 heteroatoms. The van der Waals surface area contributed by atoms with Gasteiger partial charge in [-0.3, -0.25) is 4.90 Å². The summed E-state index contributed by atoms with van der Waals surface area (Å²) in [5.74, 6) is -1.85. The Bertz CT molecular complexity index is 862. The number of hydrogen-bond donors (Lipinski definition) is 1. The van der Waals surface area contributed by atoms with Crippen molar-refractivity contribution in [3.63, 3.8) is 0 Å². The predicted octanol–water partition coefficient (Wildman–Crippen LogP) is 3.44. The fraction of sp³-hybridized carbons (Fsp3) is 0.409. The molecule has 2 fully saturated rings. The average molecular weight is 403 g/mol. The molecule has 0 aliphatic carbocycles. The van der Waals surface area contributed by atoms with Crippen LogP contribution in [-0.2, 0) is 22.5 Å². The minimum Gasteiger partial charge on any atom is -0.445 e. The quantitative estimate of drug-likeness (QED) is 0.850. The molecule has 29 heavy (non-hydrogen) atoms. The summed E-state index contributed by atoms with van der Waals surface area (Å²) in [4.78, 5) is 14.4. The van der Waals surface area contributed by atoms with E-state index >= 15 is 0 Å². The Labute approximate surface area is 167 Å². The summed E-state index contributed by atoms with van der Waals surface area (Å²) in [5, 5.41) is 11.1. The van der Waals surface area contributed by atoms with Gasteiger partial charge in [-0.15, -0.1) is 0 Å². The molecule has 0 aromatic heterocycles. The van der Waals surface area contributed by atoms with Gasteiger partial charge in [0.2, 0.25) is 0 Å². The Morgan fingerprint density at radius 1 is 1.07 bits per heavy atom. The molecule has 1 amide bonds. The number of aliphatic hydroxyl groups is 1. The highest BCUT2D eigenvalue weighted by molar-refractivity contribution is 5.69. The Hall–Kier alpha value is -2.51. The van der Waals surface area contributed by atoms with Crippen molar-refractivity contribution in [2.75, 3.05) is 13.2 Å². The number of ether oxygens (including phenoxy) is 2. The molecule has 154 valence electrons. The molecule has 0 radical (unpaired) electrons. The number of amides is 1. The van der Waals surface area contributed by atoms with Crippen molar-refractivity contribution in [3.8, 4) is 0 Å². The molecule has 5 nitrogen and oxygen atoms in total. The van der Waals surface area contributed by atoms with Crippen LogP contribution >= 0.6 is 0 Å². The number of carbonyl (C=O) groups is 1. The lowest BCUT2D eigenvalue weighted by Gasteiger charge is -2.51. The van der Waals surface area contributed by atoms with Crippen LogP contribution in [0.4, 0.5) is 13.6 Å². The van der Waals surface area contributed by atoms with E-state index < -0.39 is 23.3 Å². The van der Waals surface area contributed by atoms with E-state index in [0.29, 0.717) is 18.8 Å². The fourth-order valence-corrected chi connectivity index (χ4v) is 4.34. The maximum Gasteiger partial charge on any atom is 0.410 e. The lowest BCUT2D eigenvalue weighted by atomic mass is 9.78. The normalized spacial score (nSPS) is 26.2. The molecular formula is C22H23F2NO4. The number of halogens is 2. The van der Waals surface area contributed by atoms with Gasteiger partial charge in [-0.05, 0) is 36.1 Å². The van der Waals surface area contributed by atoms with Gasteiger partial charge < -0.3 is 14.6 Å². The first kappa shape index (κ1) is 19.8. The highest BCUT2D eigenvalue weighted by Crippen LogP contribution is 2.37. The summed E-state index contributed by atoms with van der Waals surface area (Å²) in [5.41, 5.74) is 0.291. The van der Waals surface area contributed by atoms with Crippen molar-refractivity contribution in [3.05, 3.63) is 71.3 Å². The van der Waals surface area contributed by atoms with Crippen LogP contribution in [0.5, 0.6) is 0 Å². The van der Waals surface area contributed by atoms with Gasteiger partial charge in [0.05, 0.1) is 30.9 Å². The van der Waals surface area contributed by atoms with E-state index in [1.165, 1.54) is 6.07 Å². The maximum absolute atomic E-state index is 13.5. The molecule has 0 spiro atoms. The number of carbonyl (C=O) groups excluding carboxylic acids is 1. The number of morpholine rings is 1. The molecule has 2 heterocycles. The van der Waals surface area contributed by atoms with Crippen LogP contribution in [-0.4, -0.2) is 47.0 Å². The maximum atomic E-state index is 13.5. The second kappa shape index (κ2) is 8.08. The van der Waals surface area contributed by atoms with E-state index in [4.69, 9.17) is 9.47 Å². The molecule has 2 unspecified atom stereocenters. The van der Waals surface area contributed by atoms with Crippen LogP contribution in [0.2, 0.25) is 0 Å². The number of fused-ring (bicyclic) bond motifs is 2. The number of benzene rings is 2. The fourth-order valence-electron chi connectivity index (χ4n) is 4.34. The molecule has 2 bridgehead atoms. The van der Waals surface area contributed by atoms with Crippen LogP contribution in [0, 0.1) is 11.6 Å². The molecule has 0 saturated carbocycles. The van der Waals surface area contributed by atoms with E-state index in [0.717, 1.165) is 17.7 Å². The van der Waals surface area contributed by atoms with Crippen molar-refractivity contribution < 1.29 is 28.2 Å². The minimum absolute atomic E-state index is 0.176. The Kier molecular flexibility index (Phi) is 5.52. The lowest BCUT2D eigenvalue weighted by molar-refractivity contribution is -0.132. The van der Waals surface area contributed by atoms with Gasteiger partial charge in [-0.2, -0.15) is 0 Å². The molecule has 2 aliphatic rings. The minimum atomic E-state index is -1.13. The van der Waals surface area contributed by atoms with Crippen LogP contribution in [0.3, 0.4) is 0 Å². The average Bonchev–Trinajstić information content (AvgIpc) is 2.69. The second-order valence-electron chi connectivity index (χ2n) is 7.85. The van der Waals surface area contributed by atoms with Gasteiger partial charge in [0.25, 0.3) is 0 Å². The molecule has 2 aromatic rings. The van der Waals surface area contributed by atoms with E-state index in [1.54, 1.807) is 4.90 Å². The van der Waals surface area contributed by atoms with Gasteiger partial charge >= 0.3 is 6.09 Å². The molecule has 2 aromatic carbocycles. The number of hydrogen-bond acceptors (Lipinski definition) is 4. The predicted molar refractivity (Wildman–Crippen MR) is 101 cm³/mol. The van der Waals surface area contributed by atoms with Crippen LogP contribution < -0.4 is 0 Å². The first-order valence-electron chi connectivity index (χ1n) is 9.67. The zero-order chi connectivity index (χ0) is 20.4. The van der Waals surface area contributed by atoms with E-state index in [1.807, 2.05) is 30.3 Å². The Morgan fingerprint density at radius 2 is 1.76 bits per heavy atom. The first-order chi connectivity index (χ1) is 13.9. The van der Waals surface area contributed by atoms with Gasteiger partial charge in [-0.1, -0.05) is 36.4 Å². The van der Waals surface area contributed by atoms with Crippen LogP contribution in [0.1, 0.15) is 24.0 Å². The summed E-state index contributed by atoms with van der Waals surface area (Å²) in [6.07, 6.45) is 0.317. The lowest BCUT2D eigenvalue weighted by Crippen LogP contribution is -2.64. The SMILES string of the molecule is O=C(OCc1ccccc1)N1C2COCC1CC(O)(Cc1ccc(F)c(F)c1)C2. The third-order valence-corrected chi connectivity index (χ3v) is 5.57. The smallest absolute Gasteiger partial charge is 0.410 e. The molecule has 2 aliphatic heterocycles. The largest absolute Gasteiger partial charge is 0.445 e. The third-order valence-electron chi connectivity index (χ3n) is 5.57. The van der Waals surface area contributed by atoms with E-state index in [9.17, 15) is 18.7 Å². The zero-order valence-corrected chi connectivity index (χ0v) is 15.9. The summed E-state index contributed by atoms with van der Waals surface area (Å²) < 4.78 is 37.8. The topological polar surface area (TPSA) is 59.0 Å². The van der Waals surface area contributed by atoms with E-state index in [-0.39, 0.29) is 38.0 Å². The monoisotopic (exact) mass is 403 g/mol. The molecular weight excluding hydrogens is 380 g/mol. The van der Waals surface area contributed by atoms with Crippen molar-refractivity contribution in [2.45, 2.75) is 43.6 Å². The summed E-state index contributed by atoms with van der Waals surface area (Å²) in [6, 6.07) is 12.4. The van der Waals surface area contributed by atoms with Crippen LogP contribution in [0.25, 0.3) is 0 Å². The second-order valence-corrected chi connectivity index (χ2v) is 7.85. The number of piperidine rings is 1. The van der Waals surface area contributed by atoms with Gasteiger partial charge in [0.1, 0.15) is 6.61 Å². The van der Waals surface area contributed by atoms with Crippen LogP contribution in [0.15, 0.2) is 48.5 Å². The van der Waals surface area contributed by atoms with Crippen molar-refractivity contribution in [2.24, 2.45) is 0 Å². The van der Waals surface area contributed by atoms with Crippen molar-refractivity contribution >= 4 is 6.09 Å². The molecule has 2 atom stereocenters. The summed E-state index contributed by atoms with van der Waals surface area (Å²) >= 11 is 0. The highest BCUT2D eigenvalue weighted by Gasteiger charge is 2.48. The molecule has 1 N–H and O–H groups in total. The summed E-state index contributed by atoms with van der Waals surface area (Å²) in [6.45, 7) is 0.781. The summed E-state index contributed by atoms with van der Waals surface area (Å²) in [7, 11) is 0. The highest BCUT2D eigenvalue weighted by atomic mass is 19.2.